The second kappa shape index (κ2) is 7.04. The van der Waals surface area contributed by atoms with Crippen molar-refractivity contribution >= 4 is 5.97 Å². The standard InChI is InChI=1S/C17H18N6O3/c24-17(25)14-13(8-19-21-14)10-23-6-2-4-12(9-23)16-20-15(22-26-16)11-3-1-5-18-7-11/h1,3,5,7-8,12H,2,4,6,9-10H2,(H,19,21)(H,24,25). The van der Waals surface area contributed by atoms with Crippen LogP contribution in [0.4, 0.5) is 0 Å². The van der Waals surface area contributed by atoms with E-state index in [0.717, 1.165) is 31.5 Å². The Morgan fingerprint density at radius 3 is 3.15 bits per heavy atom. The van der Waals surface area contributed by atoms with Gasteiger partial charge in [-0.3, -0.25) is 15.0 Å². The van der Waals surface area contributed by atoms with Crippen molar-refractivity contribution in [2.75, 3.05) is 13.1 Å². The van der Waals surface area contributed by atoms with Gasteiger partial charge in [0.1, 0.15) is 5.69 Å². The molecular formula is C17H18N6O3. The molecule has 0 spiro atoms. The van der Waals surface area contributed by atoms with Crippen LogP contribution < -0.4 is 0 Å². The number of hydrogen-bond acceptors (Lipinski definition) is 7. The molecule has 1 aliphatic heterocycles. The molecule has 9 heteroatoms. The summed E-state index contributed by atoms with van der Waals surface area (Å²) in [4.78, 5) is 22.0. The van der Waals surface area contributed by atoms with Crippen LogP contribution in [-0.4, -0.2) is 54.4 Å². The highest BCUT2D eigenvalue weighted by atomic mass is 16.5. The van der Waals surface area contributed by atoms with Gasteiger partial charge in [0.05, 0.1) is 12.1 Å². The smallest absolute Gasteiger partial charge is 0.354 e. The number of piperidine rings is 1. The molecule has 1 aliphatic rings. The summed E-state index contributed by atoms with van der Waals surface area (Å²) >= 11 is 0. The van der Waals surface area contributed by atoms with Gasteiger partial charge in [-0.25, -0.2) is 4.79 Å². The van der Waals surface area contributed by atoms with E-state index in [4.69, 9.17) is 4.52 Å². The third-order valence-corrected chi connectivity index (χ3v) is 4.54. The lowest BCUT2D eigenvalue weighted by Crippen LogP contribution is -2.34. The van der Waals surface area contributed by atoms with Crippen molar-refractivity contribution in [3.05, 3.63) is 47.9 Å². The molecule has 0 bridgehead atoms. The molecule has 4 rings (SSSR count). The number of aromatic carboxylic acids is 1. The molecule has 3 aromatic rings. The molecule has 3 aromatic heterocycles. The van der Waals surface area contributed by atoms with Crippen LogP contribution in [0, 0.1) is 0 Å². The number of carbonyl (C=O) groups is 1. The minimum absolute atomic E-state index is 0.127. The van der Waals surface area contributed by atoms with Crippen molar-refractivity contribution in [1.29, 1.82) is 0 Å². The Hall–Kier alpha value is -3.07. The van der Waals surface area contributed by atoms with E-state index in [1.165, 1.54) is 0 Å². The fourth-order valence-electron chi connectivity index (χ4n) is 3.27. The Morgan fingerprint density at radius 1 is 1.42 bits per heavy atom. The van der Waals surface area contributed by atoms with Crippen LogP contribution >= 0.6 is 0 Å². The molecule has 2 N–H and O–H groups in total. The van der Waals surface area contributed by atoms with Gasteiger partial charge in [0.15, 0.2) is 0 Å². The maximum Gasteiger partial charge on any atom is 0.354 e. The van der Waals surface area contributed by atoms with Crippen molar-refractivity contribution in [1.82, 2.24) is 30.2 Å². The number of likely N-dealkylation sites (tertiary alicyclic amines) is 1. The zero-order valence-electron chi connectivity index (χ0n) is 14.0. The Labute approximate surface area is 149 Å². The Kier molecular flexibility index (Phi) is 4.44. The van der Waals surface area contributed by atoms with Crippen molar-refractivity contribution in [2.24, 2.45) is 0 Å². The number of nitrogens with one attached hydrogen (secondary N) is 1. The topological polar surface area (TPSA) is 121 Å². The summed E-state index contributed by atoms with van der Waals surface area (Å²) in [6.07, 6.45) is 6.91. The lowest BCUT2D eigenvalue weighted by atomic mass is 9.97. The van der Waals surface area contributed by atoms with Gasteiger partial charge in [0, 0.05) is 36.6 Å². The largest absolute Gasteiger partial charge is 0.477 e. The number of carboxylic acid groups (broad SMARTS) is 1. The molecule has 9 nitrogen and oxygen atoms in total. The van der Waals surface area contributed by atoms with Crippen LogP contribution in [0.1, 0.15) is 40.7 Å². The first-order valence-corrected chi connectivity index (χ1v) is 8.42. The number of aromatic amines is 1. The summed E-state index contributed by atoms with van der Waals surface area (Å²) in [7, 11) is 0. The molecule has 26 heavy (non-hydrogen) atoms. The fourth-order valence-corrected chi connectivity index (χ4v) is 3.27. The van der Waals surface area contributed by atoms with E-state index in [1.54, 1.807) is 18.6 Å². The summed E-state index contributed by atoms with van der Waals surface area (Å²) in [5.74, 6) is 0.276. The zero-order chi connectivity index (χ0) is 17.9. The predicted molar refractivity (Wildman–Crippen MR) is 90.3 cm³/mol. The number of nitrogens with zero attached hydrogens (tertiary/aromatic N) is 5. The maximum atomic E-state index is 11.2. The van der Waals surface area contributed by atoms with Gasteiger partial charge in [-0.05, 0) is 31.5 Å². The van der Waals surface area contributed by atoms with Gasteiger partial charge in [0.25, 0.3) is 0 Å². The number of H-pyrrole nitrogens is 1. The van der Waals surface area contributed by atoms with Crippen LogP contribution in [0.25, 0.3) is 11.4 Å². The van der Waals surface area contributed by atoms with Crippen LogP contribution in [0.2, 0.25) is 0 Å². The first kappa shape index (κ1) is 16.4. The lowest BCUT2D eigenvalue weighted by Gasteiger charge is -2.30. The van der Waals surface area contributed by atoms with E-state index in [0.29, 0.717) is 23.8 Å². The summed E-state index contributed by atoms with van der Waals surface area (Å²) in [6, 6.07) is 3.72. The van der Waals surface area contributed by atoms with Crippen molar-refractivity contribution in [3.63, 3.8) is 0 Å². The number of aromatic nitrogens is 5. The number of pyridine rings is 1. The number of carboxylic acids is 1. The van der Waals surface area contributed by atoms with E-state index in [-0.39, 0.29) is 11.6 Å². The van der Waals surface area contributed by atoms with E-state index in [1.807, 2.05) is 12.1 Å². The summed E-state index contributed by atoms with van der Waals surface area (Å²) in [5, 5.41) is 19.6. The monoisotopic (exact) mass is 354 g/mol. The first-order chi connectivity index (χ1) is 12.7. The SMILES string of the molecule is O=C(O)c1[nH]ncc1CN1CCCC(c2nc(-c3cccnc3)no2)C1. The second-order valence-corrected chi connectivity index (χ2v) is 6.35. The number of hydrogen-bond donors (Lipinski definition) is 2. The quantitative estimate of drug-likeness (QED) is 0.713. The molecule has 0 saturated carbocycles. The van der Waals surface area contributed by atoms with Crippen molar-refractivity contribution in [2.45, 2.75) is 25.3 Å². The third-order valence-electron chi connectivity index (χ3n) is 4.54. The molecule has 134 valence electrons. The highest BCUT2D eigenvalue weighted by molar-refractivity contribution is 5.86. The van der Waals surface area contributed by atoms with E-state index in [2.05, 4.69) is 30.2 Å². The first-order valence-electron chi connectivity index (χ1n) is 8.42. The summed E-state index contributed by atoms with van der Waals surface area (Å²) in [5.41, 5.74) is 1.64. The fraction of sp³-hybridized carbons (Fsp3) is 0.353. The Balaban J connectivity index is 1.46. The average molecular weight is 354 g/mol. The molecule has 0 aliphatic carbocycles. The molecule has 0 aromatic carbocycles. The van der Waals surface area contributed by atoms with Gasteiger partial charge in [-0.1, -0.05) is 5.16 Å². The van der Waals surface area contributed by atoms with Gasteiger partial charge < -0.3 is 9.63 Å². The minimum Gasteiger partial charge on any atom is -0.477 e. The van der Waals surface area contributed by atoms with Gasteiger partial charge >= 0.3 is 5.97 Å². The maximum absolute atomic E-state index is 11.2. The lowest BCUT2D eigenvalue weighted by molar-refractivity contribution is 0.0687. The molecule has 4 heterocycles. The average Bonchev–Trinajstić information content (AvgIpc) is 3.32. The van der Waals surface area contributed by atoms with Gasteiger partial charge in [-0.2, -0.15) is 10.1 Å². The van der Waals surface area contributed by atoms with Crippen LogP contribution in [0.15, 0.2) is 35.2 Å². The molecule has 1 fully saturated rings. The molecule has 0 amide bonds. The molecule has 1 saturated heterocycles. The highest BCUT2D eigenvalue weighted by Crippen LogP contribution is 2.28. The number of rotatable bonds is 5. The van der Waals surface area contributed by atoms with E-state index >= 15 is 0 Å². The second-order valence-electron chi connectivity index (χ2n) is 6.35. The molecule has 1 atom stereocenters. The van der Waals surface area contributed by atoms with Gasteiger partial charge in [0.2, 0.25) is 11.7 Å². The van der Waals surface area contributed by atoms with Crippen LogP contribution in [-0.2, 0) is 6.54 Å². The normalized spacial score (nSPS) is 18.1. The highest BCUT2D eigenvalue weighted by Gasteiger charge is 2.27. The zero-order valence-corrected chi connectivity index (χ0v) is 14.0. The molecule has 1 unspecified atom stereocenters. The van der Waals surface area contributed by atoms with Crippen LogP contribution in [0.5, 0.6) is 0 Å². The van der Waals surface area contributed by atoms with Crippen molar-refractivity contribution < 1.29 is 14.4 Å². The predicted octanol–water partition coefficient (Wildman–Crippen LogP) is 1.93. The Morgan fingerprint density at radius 2 is 2.35 bits per heavy atom. The summed E-state index contributed by atoms with van der Waals surface area (Å²) < 4.78 is 5.48. The third kappa shape index (κ3) is 3.33. The van der Waals surface area contributed by atoms with E-state index < -0.39 is 5.97 Å². The summed E-state index contributed by atoms with van der Waals surface area (Å²) in [6.45, 7) is 2.15. The van der Waals surface area contributed by atoms with E-state index in [9.17, 15) is 9.90 Å². The molecule has 0 radical (unpaired) electrons. The van der Waals surface area contributed by atoms with Crippen molar-refractivity contribution in [3.8, 4) is 11.4 Å². The van der Waals surface area contributed by atoms with Crippen LogP contribution in [0.3, 0.4) is 0 Å². The van der Waals surface area contributed by atoms with Gasteiger partial charge in [-0.15, -0.1) is 0 Å². The molecular weight excluding hydrogens is 336 g/mol. The minimum atomic E-state index is -0.996. The Bertz CT molecular complexity index is 891.